The average Bonchev–Trinajstić information content (AvgIpc) is 2.26. The van der Waals surface area contributed by atoms with E-state index >= 15 is 0 Å². The van der Waals surface area contributed by atoms with Crippen LogP contribution in [0, 0.1) is 0 Å². The highest BCUT2D eigenvalue weighted by Gasteiger charge is 2.11. The van der Waals surface area contributed by atoms with Crippen LogP contribution < -0.4 is 0 Å². The van der Waals surface area contributed by atoms with E-state index in [9.17, 15) is 10.0 Å². The maximum atomic E-state index is 11.2. The van der Waals surface area contributed by atoms with Gasteiger partial charge in [0.05, 0.1) is 6.54 Å². The van der Waals surface area contributed by atoms with Crippen molar-refractivity contribution in [3.63, 3.8) is 0 Å². The third-order valence-electron chi connectivity index (χ3n) is 2.58. The highest BCUT2D eigenvalue weighted by molar-refractivity contribution is 5.72. The Labute approximate surface area is 99.2 Å². The third-order valence-corrected chi connectivity index (χ3v) is 2.58. The molecule has 0 aromatic carbocycles. The van der Waals surface area contributed by atoms with Crippen LogP contribution in [0.3, 0.4) is 0 Å². The van der Waals surface area contributed by atoms with Gasteiger partial charge < -0.3 is 4.90 Å². The lowest BCUT2D eigenvalue weighted by Gasteiger charge is -2.19. The zero-order chi connectivity index (χ0) is 12.4. The molecule has 0 heterocycles. The Morgan fingerprint density at radius 2 is 1.50 bits per heavy atom. The molecule has 0 aromatic rings. The Morgan fingerprint density at radius 3 is 2.00 bits per heavy atom. The molecular formula is C12H26N2O2. The number of carbonyl (C=O) groups excluding carboxylic acids is 1. The van der Waals surface area contributed by atoms with E-state index in [4.69, 9.17) is 0 Å². The van der Waals surface area contributed by atoms with Crippen molar-refractivity contribution in [3.05, 3.63) is 0 Å². The van der Waals surface area contributed by atoms with Gasteiger partial charge in [-0.3, -0.25) is 5.21 Å². The summed E-state index contributed by atoms with van der Waals surface area (Å²) in [6, 6.07) is -0.342. The molecule has 0 aliphatic heterocycles. The average molecular weight is 230 g/mol. The molecule has 4 nitrogen and oxygen atoms in total. The minimum Gasteiger partial charge on any atom is -0.329 e. The molecule has 0 unspecified atom stereocenters. The van der Waals surface area contributed by atoms with E-state index < -0.39 is 0 Å². The van der Waals surface area contributed by atoms with Crippen LogP contribution in [-0.2, 0) is 0 Å². The number of hydroxylamine groups is 2. The number of hydrogen-bond donors (Lipinski definition) is 1. The van der Waals surface area contributed by atoms with E-state index in [0.29, 0.717) is 6.54 Å². The molecule has 0 atom stereocenters. The van der Waals surface area contributed by atoms with Gasteiger partial charge in [0.1, 0.15) is 0 Å². The van der Waals surface area contributed by atoms with Crippen molar-refractivity contribution >= 4 is 6.03 Å². The van der Waals surface area contributed by atoms with Crippen LogP contribution in [-0.4, -0.2) is 41.8 Å². The predicted octanol–water partition coefficient (Wildman–Crippen LogP) is 3.11. The highest BCUT2D eigenvalue weighted by Crippen LogP contribution is 2.07. The molecule has 16 heavy (non-hydrogen) atoms. The molecule has 0 aliphatic carbocycles. The summed E-state index contributed by atoms with van der Waals surface area (Å²) in [7, 11) is 3.27. The summed E-state index contributed by atoms with van der Waals surface area (Å²) in [5.74, 6) is 0. The Bertz CT molecular complexity index is 184. The number of rotatable bonds is 8. The molecule has 0 saturated heterocycles. The maximum absolute atomic E-state index is 11.2. The Balaban J connectivity index is 3.34. The predicted molar refractivity (Wildman–Crippen MR) is 65.6 cm³/mol. The molecule has 0 bridgehead atoms. The Hall–Kier alpha value is -0.770. The number of urea groups is 1. The third kappa shape index (κ3) is 7.51. The van der Waals surface area contributed by atoms with Gasteiger partial charge in [-0.1, -0.05) is 45.4 Å². The minimum absolute atomic E-state index is 0.342. The van der Waals surface area contributed by atoms with Gasteiger partial charge >= 0.3 is 6.03 Å². The second-order valence-corrected chi connectivity index (χ2v) is 4.42. The molecule has 0 fully saturated rings. The van der Waals surface area contributed by atoms with Gasteiger partial charge in [-0.25, -0.2) is 9.86 Å². The molecule has 2 amide bonds. The summed E-state index contributed by atoms with van der Waals surface area (Å²) >= 11 is 0. The van der Waals surface area contributed by atoms with E-state index in [1.165, 1.54) is 37.0 Å². The van der Waals surface area contributed by atoms with Gasteiger partial charge in [-0.2, -0.15) is 0 Å². The fourth-order valence-corrected chi connectivity index (χ4v) is 1.55. The van der Waals surface area contributed by atoms with Crippen LogP contribution >= 0.6 is 0 Å². The number of hydrogen-bond acceptors (Lipinski definition) is 2. The quantitative estimate of drug-likeness (QED) is 0.395. The number of nitrogens with zero attached hydrogens (tertiary/aromatic N) is 2. The van der Waals surface area contributed by atoms with E-state index in [0.717, 1.165) is 17.9 Å². The Kier molecular flexibility index (Phi) is 9.00. The molecule has 0 aliphatic rings. The first-order valence-electron chi connectivity index (χ1n) is 6.27. The van der Waals surface area contributed by atoms with Crippen molar-refractivity contribution in [2.45, 2.75) is 51.9 Å². The number of carbonyl (C=O) groups is 1. The summed E-state index contributed by atoms with van der Waals surface area (Å²) in [5.41, 5.74) is 0. The molecule has 0 aromatic heterocycles. The molecule has 0 rings (SSSR count). The lowest BCUT2D eigenvalue weighted by atomic mass is 10.1. The van der Waals surface area contributed by atoms with Crippen molar-refractivity contribution in [2.24, 2.45) is 0 Å². The lowest BCUT2D eigenvalue weighted by molar-refractivity contribution is -0.0536. The van der Waals surface area contributed by atoms with Gasteiger partial charge in [-0.05, 0) is 6.42 Å². The second kappa shape index (κ2) is 9.46. The molecule has 4 heteroatoms. The standard InChI is InChI=1S/C12H26N2O2/c1-4-5-6-7-8-9-10-11-14(16)12(15)13(2)3/h16H,4-11H2,1-3H3. The van der Waals surface area contributed by atoms with E-state index in [2.05, 4.69) is 6.92 Å². The summed E-state index contributed by atoms with van der Waals surface area (Å²) in [6.07, 6.45) is 8.30. The van der Waals surface area contributed by atoms with Gasteiger partial charge in [-0.15, -0.1) is 0 Å². The van der Waals surface area contributed by atoms with Crippen LogP contribution in [0.5, 0.6) is 0 Å². The SMILES string of the molecule is CCCCCCCCCN(O)C(=O)N(C)C. The maximum Gasteiger partial charge on any atom is 0.343 e. The number of amides is 2. The summed E-state index contributed by atoms with van der Waals surface area (Å²) in [4.78, 5) is 12.6. The van der Waals surface area contributed by atoms with Gasteiger partial charge in [0.2, 0.25) is 0 Å². The van der Waals surface area contributed by atoms with Gasteiger partial charge in [0, 0.05) is 14.1 Å². The van der Waals surface area contributed by atoms with Crippen molar-refractivity contribution in [1.29, 1.82) is 0 Å². The second-order valence-electron chi connectivity index (χ2n) is 4.42. The normalized spacial score (nSPS) is 10.2. The monoisotopic (exact) mass is 230 g/mol. The topological polar surface area (TPSA) is 43.8 Å². The lowest BCUT2D eigenvalue weighted by Crippen LogP contribution is -2.37. The summed E-state index contributed by atoms with van der Waals surface area (Å²) in [5, 5.41) is 10.2. The minimum atomic E-state index is -0.342. The van der Waals surface area contributed by atoms with E-state index in [-0.39, 0.29) is 6.03 Å². The van der Waals surface area contributed by atoms with Crippen molar-refractivity contribution in [1.82, 2.24) is 9.96 Å². The molecule has 1 N–H and O–H groups in total. The van der Waals surface area contributed by atoms with Crippen molar-refractivity contribution < 1.29 is 10.0 Å². The first-order chi connectivity index (χ1) is 7.59. The molecule has 0 radical (unpaired) electrons. The Morgan fingerprint density at radius 1 is 1.00 bits per heavy atom. The molecule has 0 spiro atoms. The van der Waals surface area contributed by atoms with Crippen molar-refractivity contribution in [3.8, 4) is 0 Å². The fraction of sp³-hybridized carbons (Fsp3) is 0.917. The molecule has 0 saturated carbocycles. The number of unbranched alkanes of at least 4 members (excludes halogenated alkanes) is 6. The zero-order valence-electron chi connectivity index (χ0n) is 10.9. The smallest absolute Gasteiger partial charge is 0.329 e. The van der Waals surface area contributed by atoms with Gasteiger partial charge in [0.25, 0.3) is 0 Å². The van der Waals surface area contributed by atoms with Crippen LogP contribution in [0.2, 0.25) is 0 Å². The molecule has 96 valence electrons. The summed E-state index contributed by atoms with van der Waals surface area (Å²) in [6.45, 7) is 2.64. The van der Waals surface area contributed by atoms with Crippen LogP contribution in [0.1, 0.15) is 51.9 Å². The summed E-state index contributed by atoms with van der Waals surface area (Å²) < 4.78 is 0. The van der Waals surface area contributed by atoms with E-state index in [1.54, 1.807) is 14.1 Å². The van der Waals surface area contributed by atoms with Crippen LogP contribution in [0.15, 0.2) is 0 Å². The first-order valence-corrected chi connectivity index (χ1v) is 6.27. The van der Waals surface area contributed by atoms with Gasteiger partial charge in [0.15, 0.2) is 0 Å². The van der Waals surface area contributed by atoms with Crippen LogP contribution in [0.25, 0.3) is 0 Å². The molecular weight excluding hydrogens is 204 g/mol. The fourth-order valence-electron chi connectivity index (χ4n) is 1.55. The first kappa shape index (κ1) is 15.2. The van der Waals surface area contributed by atoms with Crippen LogP contribution in [0.4, 0.5) is 4.79 Å². The zero-order valence-corrected chi connectivity index (χ0v) is 10.9. The van der Waals surface area contributed by atoms with Crippen molar-refractivity contribution in [2.75, 3.05) is 20.6 Å². The van der Waals surface area contributed by atoms with E-state index in [1.807, 2.05) is 0 Å². The highest BCUT2D eigenvalue weighted by atomic mass is 16.5. The largest absolute Gasteiger partial charge is 0.343 e.